The molecule has 0 amide bonds. The third kappa shape index (κ3) is 6.70. The summed E-state index contributed by atoms with van der Waals surface area (Å²) in [5, 5.41) is 7.61. The molecular formula is C13H20N4O2. The number of ether oxygens (including phenoxy) is 1. The molecule has 6 nitrogen and oxygen atoms in total. The smallest absolute Gasteiger partial charge is 0.224 e. The van der Waals surface area contributed by atoms with Crippen LogP contribution in [0.4, 0.5) is 0 Å². The van der Waals surface area contributed by atoms with Crippen LogP contribution >= 0.6 is 0 Å². The number of nitrogens with two attached hydrogens (primary N) is 1. The fraction of sp³-hybridized carbons (Fsp3) is 0.615. The summed E-state index contributed by atoms with van der Waals surface area (Å²) in [6.45, 7) is 3.32. The van der Waals surface area contributed by atoms with E-state index in [2.05, 4.69) is 22.2 Å². The van der Waals surface area contributed by atoms with Crippen molar-refractivity contribution < 1.29 is 9.53 Å². The van der Waals surface area contributed by atoms with Gasteiger partial charge in [0.25, 0.3) is 0 Å². The number of aromatic nitrogens is 3. The fourth-order valence-corrected chi connectivity index (χ4v) is 1.51. The Morgan fingerprint density at radius 2 is 2.32 bits per heavy atom. The molecule has 104 valence electrons. The Morgan fingerprint density at radius 1 is 1.47 bits per heavy atom. The van der Waals surface area contributed by atoms with Crippen LogP contribution < -0.4 is 5.73 Å². The predicted octanol–water partition coefficient (Wildman–Crippen LogP) is 0.385. The van der Waals surface area contributed by atoms with Crippen molar-refractivity contribution in [3.8, 4) is 11.8 Å². The van der Waals surface area contributed by atoms with Gasteiger partial charge in [0, 0.05) is 19.3 Å². The first-order valence-corrected chi connectivity index (χ1v) is 6.38. The summed E-state index contributed by atoms with van der Waals surface area (Å²) in [6, 6.07) is -0.636. The van der Waals surface area contributed by atoms with Crippen molar-refractivity contribution in [1.29, 1.82) is 0 Å². The van der Waals surface area contributed by atoms with Gasteiger partial charge in [0.05, 0.1) is 18.8 Å². The molecule has 1 rings (SSSR count). The summed E-state index contributed by atoms with van der Waals surface area (Å²) in [5.41, 5.74) is 5.61. The van der Waals surface area contributed by atoms with Crippen molar-refractivity contribution in [3.63, 3.8) is 0 Å². The molecule has 1 atom stereocenters. The van der Waals surface area contributed by atoms with E-state index in [4.69, 9.17) is 10.5 Å². The van der Waals surface area contributed by atoms with Crippen LogP contribution in [-0.4, -0.2) is 40.0 Å². The van der Waals surface area contributed by atoms with Gasteiger partial charge in [-0.2, -0.15) is 0 Å². The van der Waals surface area contributed by atoms with E-state index in [9.17, 15) is 4.79 Å². The van der Waals surface area contributed by atoms with Gasteiger partial charge in [0.15, 0.2) is 0 Å². The van der Waals surface area contributed by atoms with Gasteiger partial charge in [-0.1, -0.05) is 11.1 Å². The Bertz CT molecular complexity index is 420. The summed E-state index contributed by atoms with van der Waals surface area (Å²) in [4.78, 5) is 11.2. The highest BCUT2D eigenvalue weighted by Crippen LogP contribution is 1.98. The summed E-state index contributed by atoms with van der Waals surface area (Å²) in [5.74, 6) is 4.67. The molecule has 1 heterocycles. The molecule has 0 saturated carbocycles. The molecule has 6 heteroatoms. The molecule has 0 saturated heterocycles. The maximum Gasteiger partial charge on any atom is 0.224 e. The third-order valence-corrected chi connectivity index (χ3v) is 2.53. The molecule has 0 bridgehead atoms. The predicted molar refractivity (Wildman–Crippen MR) is 71.1 cm³/mol. The number of rotatable bonds is 9. The van der Waals surface area contributed by atoms with Gasteiger partial charge in [0.2, 0.25) is 5.78 Å². The van der Waals surface area contributed by atoms with Crippen molar-refractivity contribution in [2.24, 2.45) is 5.73 Å². The molecule has 0 radical (unpaired) electrons. The Kier molecular flexibility index (Phi) is 7.47. The average Bonchev–Trinajstić information content (AvgIpc) is 2.90. The van der Waals surface area contributed by atoms with Crippen LogP contribution in [0.2, 0.25) is 0 Å². The molecule has 0 aliphatic rings. The van der Waals surface area contributed by atoms with Crippen molar-refractivity contribution in [3.05, 3.63) is 12.4 Å². The summed E-state index contributed by atoms with van der Waals surface area (Å²) in [6.07, 6.45) is 6.52. The Balaban J connectivity index is 1.96. The molecule has 1 aromatic rings. The number of carbonyl (C=O) groups excluding carboxylic acids is 1. The molecule has 0 aromatic carbocycles. The van der Waals surface area contributed by atoms with E-state index < -0.39 is 6.04 Å². The summed E-state index contributed by atoms with van der Waals surface area (Å²) >= 11 is 0. The van der Waals surface area contributed by atoms with Crippen molar-refractivity contribution in [1.82, 2.24) is 15.0 Å². The zero-order valence-electron chi connectivity index (χ0n) is 11.2. The highest BCUT2D eigenvalue weighted by molar-refractivity contribution is 5.99. The van der Waals surface area contributed by atoms with Gasteiger partial charge in [-0.3, -0.25) is 9.48 Å². The number of carbonyl (C=O) groups is 1. The van der Waals surface area contributed by atoms with E-state index >= 15 is 0 Å². The SMILES string of the molecule is CC#CC(=O)C(N)COCCCCCn1ccnn1. The average molecular weight is 264 g/mol. The molecule has 2 N–H and O–H groups in total. The topological polar surface area (TPSA) is 83.0 Å². The monoisotopic (exact) mass is 264 g/mol. The van der Waals surface area contributed by atoms with Gasteiger partial charge in [-0.15, -0.1) is 5.10 Å². The van der Waals surface area contributed by atoms with Gasteiger partial charge in [-0.25, -0.2) is 0 Å². The largest absolute Gasteiger partial charge is 0.379 e. The van der Waals surface area contributed by atoms with Gasteiger partial charge in [0.1, 0.15) is 0 Å². The number of hydrogen-bond acceptors (Lipinski definition) is 5. The minimum atomic E-state index is -0.636. The quantitative estimate of drug-likeness (QED) is 0.396. The molecule has 1 unspecified atom stereocenters. The highest BCUT2D eigenvalue weighted by Gasteiger charge is 2.10. The van der Waals surface area contributed by atoms with Crippen LogP contribution in [0, 0.1) is 11.8 Å². The Labute approximate surface area is 113 Å². The van der Waals surface area contributed by atoms with Crippen molar-refractivity contribution in [2.45, 2.75) is 38.8 Å². The highest BCUT2D eigenvalue weighted by atomic mass is 16.5. The Hall–Kier alpha value is -1.71. The summed E-state index contributed by atoms with van der Waals surface area (Å²) in [7, 11) is 0. The van der Waals surface area contributed by atoms with Gasteiger partial charge in [-0.05, 0) is 32.1 Å². The lowest BCUT2D eigenvalue weighted by Gasteiger charge is -2.08. The lowest BCUT2D eigenvalue weighted by atomic mass is 10.2. The van der Waals surface area contributed by atoms with Crippen molar-refractivity contribution in [2.75, 3.05) is 13.2 Å². The fourth-order valence-electron chi connectivity index (χ4n) is 1.51. The van der Waals surface area contributed by atoms with Crippen LogP contribution in [0.5, 0.6) is 0 Å². The van der Waals surface area contributed by atoms with Crippen LogP contribution in [0.15, 0.2) is 12.4 Å². The van der Waals surface area contributed by atoms with E-state index in [1.807, 2.05) is 6.20 Å². The second kappa shape index (κ2) is 9.25. The second-order valence-corrected chi connectivity index (χ2v) is 4.15. The maximum absolute atomic E-state index is 11.2. The van der Waals surface area contributed by atoms with E-state index in [0.29, 0.717) is 6.61 Å². The molecule has 0 aliphatic carbocycles. The number of ketones is 1. The Morgan fingerprint density at radius 3 is 3.00 bits per heavy atom. The molecule has 0 spiro atoms. The van der Waals surface area contributed by atoms with E-state index in [-0.39, 0.29) is 12.4 Å². The van der Waals surface area contributed by atoms with E-state index in [1.54, 1.807) is 17.8 Å². The zero-order chi connectivity index (χ0) is 13.9. The molecule has 0 aliphatic heterocycles. The lowest BCUT2D eigenvalue weighted by Crippen LogP contribution is -2.34. The minimum absolute atomic E-state index is 0.233. The maximum atomic E-state index is 11.2. The normalized spacial score (nSPS) is 11.7. The van der Waals surface area contributed by atoms with Crippen LogP contribution in [0.3, 0.4) is 0 Å². The number of hydrogen-bond donors (Lipinski definition) is 1. The zero-order valence-corrected chi connectivity index (χ0v) is 11.2. The van der Waals surface area contributed by atoms with Gasteiger partial charge < -0.3 is 10.5 Å². The number of Topliss-reactive ketones (excluding diaryl/α,β-unsaturated/α-hetero) is 1. The lowest BCUT2D eigenvalue weighted by molar-refractivity contribution is -0.116. The van der Waals surface area contributed by atoms with Gasteiger partial charge >= 0.3 is 0 Å². The van der Waals surface area contributed by atoms with Crippen molar-refractivity contribution >= 4 is 5.78 Å². The summed E-state index contributed by atoms with van der Waals surface area (Å²) < 4.78 is 7.16. The van der Waals surface area contributed by atoms with Crippen LogP contribution in [-0.2, 0) is 16.1 Å². The standard InChI is InChI=1S/C13H20N4O2/c1-2-6-13(18)12(14)11-19-10-5-3-4-8-17-9-7-15-16-17/h7,9,12H,3-5,8,10-11,14H2,1H3. The first-order chi connectivity index (χ1) is 9.24. The molecule has 0 fully saturated rings. The first-order valence-electron chi connectivity index (χ1n) is 6.38. The third-order valence-electron chi connectivity index (χ3n) is 2.53. The molecular weight excluding hydrogens is 244 g/mol. The number of nitrogens with zero attached hydrogens (tertiary/aromatic N) is 3. The number of unbranched alkanes of at least 4 members (excludes halogenated alkanes) is 2. The van der Waals surface area contributed by atoms with E-state index in [0.717, 1.165) is 25.8 Å². The second-order valence-electron chi connectivity index (χ2n) is 4.15. The molecule has 19 heavy (non-hydrogen) atoms. The minimum Gasteiger partial charge on any atom is -0.379 e. The number of aryl methyl sites for hydroxylation is 1. The first kappa shape index (κ1) is 15.3. The molecule has 1 aromatic heterocycles. The van der Waals surface area contributed by atoms with E-state index in [1.165, 1.54) is 0 Å². The van der Waals surface area contributed by atoms with Crippen LogP contribution in [0.25, 0.3) is 0 Å². The van der Waals surface area contributed by atoms with Crippen LogP contribution in [0.1, 0.15) is 26.2 Å².